The Labute approximate surface area is 129 Å². The molecule has 0 radical (unpaired) electrons. The molecule has 0 amide bonds. The van der Waals surface area contributed by atoms with Crippen molar-refractivity contribution in [3.05, 3.63) is 46.2 Å². The molecule has 5 nitrogen and oxygen atoms in total. The summed E-state index contributed by atoms with van der Waals surface area (Å²) in [7, 11) is 1.59. The standard InChI is InChI=1S/C17H20N2O3/c1-4-5-9-19-17(21)15(12(2)20)11-16(18-19)13-7-6-8-14(10-13)22-3/h6-8,10-11H,4-5,9H2,1-3H3. The summed E-state index contributed by atoms with van der Waals surface area (Å²) in [5, 5.41) is 4.39. The van der Waals surface area contributed by atoms with Crippen LogP contribution in [0.2, 0.25) is 0 Å². The van der Waals surface area contributed by atoms with Gasteiger partial charge < -0.3 is 4.74 Å². The quantitative estimate of drug-likeness (QED) is 0.770. The molecule has 2 rings (SSSR count). The first-order valence-corrected chi connectivity index (χ1v) is 7.34. The van der Waals surface area contributed by atoms with E-state index in [1.807, 2.05) is 31.2 Å². The number of carbonyl (C=O) groups excluding carboxylic acids is 1. The highest BCUT2D eigenvalue weighted by molar-refractivity contribution is 5.94. The number of ketones is 1. The molecule has 0 saturated heterocycles. The number of aromatic nitrogens is 2. The highest BCUT2D eigenvalue weighted by Gasteiger charge is 2.13. The monoisotopic (exact) mass is 300 g/mol. The second-order valence-electron chi connectivity index (χ2n) is 5.11. The van der Waals surface area contributed by atoms with E-state index in [4.69, 9.17) is 4.74 Å². The number of ether oxygens (including phenoxy) is 1. The summed E-state index contributed by atoms with van der Waals surface area (Å²) in [5.74, 6) is 0.455. The predicted molar refractivity (Wildman–Crippen MR) is 85.4 cm³/mol. The van der Waals surface area contributed by atoms with Crippen LogP contribution in [-0.4, -0.2) is 22.7 Å². The lowest BCUT2D eigenvalue weighted by Gasteiger charge is -2.10. The van der Waals surface area contributed by atoms with Crippen molar-refractivity contribution < 1.29 is 9.53 Å². The summed E-state index contributed by atoms with van der Waals surface area (Å²) in [6.45, 7) is 3.95. The van der Waals surface area contributed by atoms with Gasteiger partial charge in [0.2, 0.25) is 0 Å². The maximum Gasteiger partial charge on any atom is 0.277 e. The number of nitrogens with zero attached hydrogens (tertiary/aromatic N) is 2. The minimum atomic E-state index is -0.326. The van der Waals surface area contributed by atoms with Gasteiger partial charge in [0.25, 0.3) is 5.56 Å². The van der Waals surface area contributed by atoms with E-state index < -0.39 is 0 Å². The topological polar surface area (TPSA) is 61.2 Å². The number of unbranched alkanes of at least 4 members (excludes halogenated alkanes) is 1. The number of Topliss-reactive ketones (excluding diaryl/α,β-unsaturated/α-hetero) is 1. The van der Waals surface area contributed by atoms with Gasteiger partial charge in [-0.1, -0.05) is 25.5 Å². The Morgan fingerprint density at radius 2 is 2.09 bits per heavy atom. The van der Waals surface area contributed by atoms with Crippen LogP contribution in [0.5, 0.6) is 5.75 Å². The molecule has 116 valence electrons. The first-order chi connectivity index (χ1) is 10.6. The van der Waals surface area contributed by atoms with Crippen molar-refractivity contribution in [3.8, 4) is 17.0 Å². The molecular formula is C17H20N2O3. The fourth-order valence-corrected chi connectivity index (χ4v) is 2.18. The van der Waals surface area contributed by atoms with Gasteiger partial charge >= 0.3 is 0 Å². The summed E-state index contributed by atoms with van der Waals surface area (Å²) in [6, 6.07) is 8.96. The lowest BCUT2D eigenvalue weighted by atomic mass is 10.1. The summed E-state index contributed by atoms with van der Waals surface area (Å²) in [4.78, 5) is 24.0. The van der Waals surface area contributed by atoms with Crippen LogP contribution in [-0.2, 0) is 6.54 Å². The molecule has 0 aliphatic carbocycles. The van der Waals surface area contributed by atoms with E-state index in [9.17, 15) is 9.59 Å². The van der Waals surface area contributed by atoms with Gasteiger partial charge in [-0.3, -0.25) is 9.59 Å². The second kappa shape index (κ2) is 7.02. The molecule has 0 atom stereocenters. The number of carbonyl (C=O) groups is 1. The average Bonchev–Trinajstić information content (AvgIpc) is 2.53. The van der Waals surface area contributed by atoms with Crippen molar-refractivity contribution in [1.82, 2.24) is 9.78 Å². The minimum absolute atomic E-state index is 0.170. The van der Waals surface area contributed by atoms with Gasteiger partial charge in [0.1, 0.15) is 5.75 Å². The molecule has 1 heterocycles. The van der Waals surface area contributed by atoms with Crippen LogP contribution in [0.3, 0.4) is 0 Å². The van der Waals surface area contributed by atoms with Gasteiger partial charge in [0.15, 0.2) is 5.78 Å². The Balaban J connectivity index is 2.57. The van der Waals surface area contributed by atoms with Crippen molar-refractivity contribution in [2.75, 3.05) is 7.11 Å². The number of hydrogen-bond acceptors (Lipinski definition) is 4. The Morgan fingerprint density at radius 3 is 2.73 bits per heavy atom. The van der Waals surface area contributed by atoms with E-state index in [2.05, 4.69) is 5.10 Å². The largest absolute Gasteiger partial charge is 0.497 e. The van der Waals surface area contributed by atoms with Gasteiger partial charge in [0, 0.05) is 12.1 Å². The van der Waals surface area contributed by atoms with E-state index in [0.717, 1.165) is 18.4 Å². The van der Waals surface area contributed by atoms with Gasteiger partial charge in [-0.05, 0) is 31.5 Å². The normalized spacial score (nSPS) is 10.5. The number of methoxy groups -OCH3 is 1. The van der Waals surface area contributed by atoms with Crippen LogP contribution < -0.4 is 10.3 Å². The van der Waals surface area contributed by atoms with Gasteiger partial charge in [0.05, 0.1) is 18.4 Å². The molecule has 0 aliphatic rings. The number of rotatable bonds is 6. The van der Waals surface area contributed by atoms with E-state index in [1.165, 1.54) is 11.6 Å². The predicted octanol–water partition coefficient (Wildman–Crippen LogP) is 2.92. The second-order valence-corrected chi connectivity index (χ2v) is 5.11. The van der Waals surface area contributed by atoms with Crippen molar-refractivity contribution in [3.63, 3.8) is 0 Å². The maximum absolute atomic E-state index is 12.3. The van der Waals surface area contributed by atoms with Crippen LogP contribution in [0.15, 0.2) is 35.1 Å². The average molecular weight is 300 g/mol. The Bertz CT molecular complexity index is 735. The van der Waals surface area contributed by atoms with Crippen LogP contribution in [0.4, 0.5) is 0 Å². The fraction of sp³-hybridized carbons (Fsp3) is 0.353. The van der Waals surface area contributed by atoms with Crippen LogP contribution in [0, 0.1) is 0 Å². The van der Waals surface area contributed by atoms with Gasteiger partial charge in [-0.25, -0.2) is 4.68 Å². The molecule has 22 heavy (non-hydrogen) atoms. The first kappa shape index (κ1) is 15.9. The highest BCUT2D eigenvalue weighted by atomic mass is 16.5. The molecule has 2 aromatic rings. The molecule has 0 unspecified atom stereocenters. The molecule has 1 aromatic heterocycles. The third kappa shape index (κ3) is 3.42. The Morgan fingerprint density at radius 1 is 1.32 bits per heavy atom. The number of aryl methyl sites for hydroxylation is 1. The van der Waals surface area contributed by atoms with E-state index >= 15 is 0 Å². The molecule has 5 heteroatoms. The molecule has 0 fully saturated rings. The Hall–Kier alpha value is -2.43. The SMILES string of the molecule is CCCCn1nc(-c2cccc(OC)c2)cc(C(C)=O)c1=O. The van der Waals surface area contributed by atoms with Gasteiger partial charge in [-0.2, -0.15) is 5.10 Å². The lowest BCUT2D eigenvalue weighted by Crippen LogP contribution is -2.28. The molecule has 0 bridgehead atoms. The molecule has 0 N–H and O–H groups in total. The molecule has 0 spiro atoms. The third-order valence-corrected chi connectivity index (χ3v) is 3.44. The third-order valence-electron chi connectivity index (χ3n) is 3.44. The van der Waals surface area contributed by atoms with Crippen molar-refractivity contribution >= 4 is 5.78 Å². The van der Waals surface area contributed by atoms with E-state index in [0.29, 0.717) is 18.0 Å². The van der Waals surface area contributed by atoms with Crippen molar-refractivity contribution in [2.24, 2.45) is 0 Å². The summed E-state index contributed by atoms with van der Waals surface area (Å²) >= 11 is 0. The summed E-state index contributed by atoms with van der Waals surface area (Å²) < 4.78 is 6.59. The zero-order valence-corrected chi connectivity index (χ0v) is 13.1. The van der Waals surface area contributed by atoms with Crippen molar-refractivity contribution in [1.29, 1.82) is 0 Å². The van der Waals surface area contributed by atoms with E-state index in [1.54, 1.807) is 13.2 Å². The smallest absolute Gasteiger partial charge is 0.277 e. The van der Waals surface area contributed by atoms with Crippen LogP contribution in [0.1, 0.15) is 37.0 Å². The maximum atomic E-state index is 12.3. The van der Waals surface area contributed by atoms with Crippen LogP contribution in [0.25, 0.3) is 11.3 Å². The van der Waals surface area contributed by atoms with Gasteiger partial charge in [-0.15, -0.1) is 0 Å². The summed E-state index contributed by atoms with van der Waals surface area (Å²) in [6.07, 6.45) is 1.79. The zero-order chi connectivity index (χ0) is 16.1. The minimum Gasteiger partial charge on any atom is -0.497 e. The number of benzene rings is 1. The van der Waals surface area contributed by atoms with Crippen LogP contribution >= 0.6 is 0 Å². The molecule has 1 aromatic carbocycles. The Kier molecular flexibility index (Phi) is 5.09. The highest BCUT2D eigenvalue weighted by Crippen LogP contribution is 2.22. The van der Waals surface area contributed by atoms with Crippen molar-refractivity contribution in [2.45, 2.75) is 33.2 Å². The fourth-order valence-electron chi connectivity index (χ4n) is 2.18. The number of hydrogen-bond donors (Lipinski definition) is 0. The first-order valence-electron chi connectivity index (χ1n) is 7.34. The summed E-state index contributed by atoms with van der Waals surface area (Å²) in [5.41, 5.74) is 1.25. The van der Waals surface area contributed by atoms with E-state index in [-0.39, 0.29) is 16.9 Å². The molecule has 0 aliphatic heterocycles. The zero-order valence-electron chi connectivity index (χ0n) is 13.1. The molecule has 0 saturated carbocycles. The molecular weight excluding hydrogens is 280 g/mol. The lowest BCUT2D eigenvalue weighted by molar-refractivity contribution is 0.101.